The van der Waals surface area contributed by atoms with Crippen molar-refractivity contribution in [3.63, 3.8) is 0 Å². The SMILES string of the molecule is CN(c1ccc(C(F)(F)F)cc1)C1CCN(C(=O)c2ccc(C3(O)COC3)cc2)CC1. The normalized spacial score (nSPS) is 19.1. The first kappa shape index (κ1) is 21.6. The van der Waals surface area contributed by atoms with E-state index in [9.17, 15) is 23.1 Å². The van der Waals surface area contributed by atoms with Crippen LogP contribution >= 0.6 is 0 Å². The zero-order valence-electron chi connectivity index (χ0n) is 17.2. The van der Waals surface area contributed by atoms with Crippen LogP contribution in [0.1, 0.15) is 34.3 Å². The van der Waals surface area contributed by atoms with Crippen molar-refractivity contribution in [3.8, 4) is 0 Å². The monoisotopic (exact) mass is 434 g/mol. The Bertz CT molecular complexity index is 917. The molecule has 0 aromatic heterocycles. The number of benzene rings is 2. The van der Waals surface area contributed by atoms with Crippen molar-refractivity contribution in [2.45, 2.75) is 30.7 Å². The number of halogens is 3. The van der Waals surface area contributed by atoms with E-state index in [2.05, 4.69) is 0 Å². The fraction of sp³-hybridized carbons (Fsp3) is 0.435. The van der Waals surface area contributed by atoms with Gasteiger partial charge < -0.3 is 19.6 Å². The van der Waals surface area contributed by atoms with Crippen LogP contribution in [-0.2, 0) is 16.5 Å². The van der Waals surface area contributed by atoms with Gasteiger partial charge in [0.25, 0.3) is 5.91 Å². The molecule has 5 nitrogen and oxygen atoms in total. The van der Waals surface area contributed by atoms with E-state index in [0.29, 0.717) is 18.7 Å². The molecular weight excluding hydrogens is 409 g/mol. The standard InChI is InChI=1S/C23H25F3N2O3/c1-27(19-8-6-18(7-9-19)23(24,25)26)20-10-12-28(13-11-20)21(29)16-2-4-17(5-3-16)22(30)14-31-15-22/h2-9,20,30H,10-15H2,1H3. The quantitative estimate of drug-likeness (QED) is 0.798. The molecule has 2 saturated heterocycles. The number of carbonyl (C=O) groups excluding carboxylic acids is 1. The molecule has 0 spiro atoms. The molecule has 0 saturated carbocycles. The third-order valence-electron chi connectivity index (χ3n) is 6.25. The van der Waals surface area contributed by atoms with Crippen molar-refractivity contribution in [2.24, 2.45) is 0 Å². The van der Waals surface area contributed by atoms with Crippen molar-refractivity contribution >= 4 is 11.6 Å². The van der Waals surface area contributed by atoms with E-state index in [0.717, 1.165) is 36.2 Å². The van der Waals surface area contributed by atoms with Gasteiger partial charge >= 0.3 is 6.18 Å². The van der Waals surface area contributed by atoms with Crippen molar-refractivity contribution in [1.82, 2.24) is 4.90 Å². The topological polar surface area (TPSA) is 53.0 Å². The number of anilines is 1. The van der Waals surface area contributed by atoms with Crippen molar-refractivity contribution < 1.29 is 27.8 Å². The first-order valence-corrected chi connectivity index (χ1v) is 10.3. The first-order valence-electron chi connectivity index (χ1n) is 10.3. The number of carbonyl (C=O) groups is 1. The van der Waals surface area contributed by atoms with Gasteiger partial charge in [-0.2, -0.15) is 13.2 Å². The van der Waals surface area contributed by atoms with Crippen LogP contribution in [0.3, 0.4) is 0 Å². The molecule has 1 N–H and O–H groups in total. The Morgan fingerprint density at radius 1 is 1.06 bits per heavy atom. The molecule has 2 fully saturated rings. The number of likely N-dealkylation sites (tertiary alicyclic amines) is 1. The Morgan fingerprint density at radius 2 is 1.65 bits per heavy atom. The summed E-state index contributed by atoms with van der Waals surface area (Å²) in [4.78, 5) is 16.6. The number of hydrogen-bond acceptors (Lipinski definition) is 4. The maximum Gasteiger partial charge on any atom is 0.416 e. The molecule has 0 aliphatic carbocycles. The molecule has 31 heavy (non-hydrogen) atoms. The summed E-state index contributed by atoms with van der Waals surface area (Å²) in [5.74, 6) is -0.0565. The third-order valence-corrected chi connectivity index (χ3v) is 6.25. The first-order chi connectivity index (χ1) is 14.7. The maximum atomic E-state index is 12.8. The lowest BCUT2D eigenvalue weighted by Gasteiger charge is -2.38. The Morgan fingerprint density at radius 3 is 2.13 bits per heavy atom. The molecule has 0 bridgehead atoms. The highest BCUT2D eigenvalue weighted by Gasteiger charge is 2.38. The van der Waals surface area contributed by atoms with Crippen LogP contribution in [0.15, 0.2) is 48.5 Å². The lowest BCUT2D eigenvalue weighted by Crippen LogP contribution is -2.46. The second kappa shape index (κ2) is 8.16. The van der Waals surface area contributed by atoms with Crippen LogP contribution in [-0.4, -0.2) is 55.3 Å². The second-order valence-corrected chi connectivity index (χ2v) is 8.28. The molecule has 0 atom stereocenters. The maximum absolute atomic E-state index is 12.8. The predicted octanol–water partition coefficient (Wildman–Crippen LogP) is 3.66. The summed E-state index contributed by atoms with van der Waals surface area (Å²) in [6, 6.07) is 12.3. The van der Waals surface area contributed by atoms with E-state index in [-0.39, 0.29) is 25.2 Å². The van der Waals surface area contributed by atoms with Crippen LogP contribution in [0, 0.1) is 0 Å². The van der Waals surface area contributed by atoms with Gasteiger partial charge in [0.1, 0.15) is 5.60 Å². The van der Waals surface area contributed by atoms with Crippen LogP contribution < -0.4 is 4.90 Å². The molecule has 1 amide bonds. The zero-order chi connectivity index (χ0) is 22.2. The lowest BCUT2D eigenvalue weighted by molar-refractivity contribution is -0.184. The predicted molar refractivity (Wildman–Crippen MR) is 110 cm³/mol. The molecule has 2 aromatic carbocycles. The Labute approximate surface area is 179 Å². The largest absolute Gasteiger partial charge is 0.416 e. The average molecular weight is 434 g/mol. The number of nitrogens with zero attached hydrogens (tertiary/aromatic N) is 2. The molecule has 2 aliphatic rings. The highest BCUT2D eigenvalue weighted by molar-refractivity contribution is 5.94. The molecular formula is C23H25F3N2O3. The van der Waals surface area contributed by atoms with Gasteiger partial charge in [0, 0.05) is 37.4 Å². The smallest absolute Gasteiger partial charge is 0.380 e. The van der Waals surface area contributed by atoms with Gasteiger partial charge in [0.2, 0.25) is 0 Å². The van der Waals surface area contributed by atoms with Gasteiger partial charge in [-0.25, -0.2) is 0 Å². The van der Waals surface area contributed by atoms with E-state index >= 15 is 0 Å². The summed E-state index contributed by atoms with van der Waals surface area (Å²) in [7, 11) is 1.87. The minimum Gasteiger partial charge on any atom is -0.380 e. The van der Waals surface area contributed by atoms with Crippen molar-refractivity contribution in [3.05, 3.63) is 65.2 Å². The zero-order valence-corrected chi connectivity index (χ0v) is 17.2. The number of alkyl halides is 3. The fourth-order valence-electron chi connectivity index (χ4n) is 4.12. The Balaban J connectivity index is 1.34. The molecule has 166 valence electrons. The highest BCUT2D eigenvalue weighted by Crippen LogP contribution is 2.32. The highest BCUT2D eigenvalue weighted by atomic mass is 19.4. The number of piperidine rings is 1. The van der Waals surface area contributed by atoms with E-state index in [1.54, 1.807) is 29.2 Å². The van der Waals surface area contributed by atoms with E-state index in [4.69, 9.17) is 4.74 Å². The molecule has 0 unspecified atom stereocenters. The van der Waals surface area contributed by atoms with Crippen molar-refractivity contribution in [2.75, 3.05) is 38.3 Å². The van der Waals surface area contributed by atoms with E-state index < -0.39 is 17.3 Å². The van der Waals surface area contributed by atoms with Gasteiger partial charge in [-0.15, -0.1) is 0 Å². The molecule has 0 radical (unpaired) electrons. The summed E-state index contributed by atoms with van der Waals surface area (Å²) in [6.45, 7) is 1.68. The van der Waals surface area contributed by atoms with Gasteiger partial charge in [0.05, 0.1) is 18.8 Å². The average Bonchev–Trinajstić information content (AvgIpc) is 2.76. The molecule has 4 rings (SSSR count). The molecule has 2 aliphatic heterocycles. The number of aliphatic hydroxyl groups is 1. The number of amides is 1. The molecule has 2 aromatic rings. The van der Waals surface area contributed by atoms with Crippen LogP contribution in [0.5, 0.6) is 0 Å². The minimum atomic E-state index is -4.34. The van der Waals surface area contributed by atoms with Gasteiger partial charge in [-0.3, -0.25) is 4.79 Å². The second-order valence-electron chi connectivity index (χ2n) is 8.28. The van der Waals surface area contributed by atoms with Gasteiger partial charge in [0.15, 0.2) is 0 Å². The summed E-state index contributed by atoms with van der Waals surface area (Å²) in [5.41, 5.74) is 0.427. The third kappa shape index (κ3) is 4.41. The molecule has 8 heteroatoms. The summed E-state index contributed by atoms with van der Waals surface area (Å²) in [5, 5.41) is 10.3. The van der Waals surface area contributed by atoms with Crippen LogP contribution in [0.25, 0.3) is 0 Å². The van der Waals surface area contributed by atoms with E-state index in [1.165, 1.54) is 12.1 Å². The van der Waals surface area contributed by atoms with E-state index in [1.807, 2.05) is 11.9 Å². The van der Waals surface area contributed by atoms with Crippen LogP contribution in [0.4, 0.5) is 18.9 Å². The van der Waals surface area contributed by atoms with Crippen molar-refractivity contribution in [1.29, 1.82) is 0 Å². The van der Waals surface area contributed by atoms with Crippen LogP contribution in [0.2, 0.25) is 0 Å². The van der Waals surface area contributed by atoms with Gasteiger partial charge in [-0.05, 0) is 54.8 Å². The Hall–Kier alpha value is -2.58. The number of hydrogen-bond donors (Lipinski definition) is 1. The Kier molecular flexibility index (Phi) is 5.70. The lowest BCUT2D eigenvalue weighted by atomic mass is 9.91. The molecule has 2 heterocycles. The summed E-state index contributed by atoms with van der Waals surface area (Å²) >= 11 is 0. The number of rotatable bonds is 4. The number of ether oxygens (including phenoxy) is 1. The van der Waals surface area contributed by atoms with Gasteiger partial charge in [-0.1, -0.05) is 12.1 Å². The summed E-state index contributed by atoms with van der Waals surface area (Å²) in [6.07, 6.45) is -2.87. The summed E-state index contributed by atoms with van der Waals surface area (Å²) < 4.78 is 43.4. The minimum absolute atomic E-state index is 0.0565. The fourth-order valence-corrected chi connectivity index (χ4v) is 4.12.